The Morgan fingerprint density at radius 2 is 1.94 bits per heavy atom. The quantitative estimate of drug-likeness (QED) is 0.386. The van der Waals surface area contributed by atoms with E-state index in [1.165, 1.54) is 27.3 Å². The van der Waals surface area contributed by atoms with Crippen molar-refractivity contribution in [2.75, 3.05) is 13.7 Å². The summed E-state index contributed by atoms with van der Waals surface area (Å²) in [7, 11) is 1.63. The summed E-state index contributed by atoms with van der Waals surface area (Å²) in [6, 6.07) is 14.6. The predicted molar refractivity (Wildman–Crippen MR) is 129 cm³/mol. The van der Waals surface area contributed by atoms with Gasteiger partial charge >= 0.3 is 5.69 Å². The van der Waals surface area contributed by atoms with Crippen LogP contribution in [0.4, 0.5) is 4.39 Å². The molecule has 7 nitrogen and oxygen atoms in total. The van der Waals surface area contributed by atoms with Crippen LogP contribution in [0.15, 0.2) is 59.7 Å². The van der Waals surface area contributed by atoms with Crippen molar-refractivity contribution in [3.8, 4) is 5.75 Å². The molecule has 1 aliphatic heterocycles. The van der Waals surface area contributed by atoms with Crippen LogP contribution in [0.5, 0.6) is 5.75 Å². The third kappa shape index (κ3) is 3.48. The molecule has 0 unspecified atom stereocenters. The van der Waals surface area contributed by atoms with E-state index in [0.717, 1.165) is 34.5 Å². The van der Waals surface area contributed by atoms with Gasteiger partial charge in [0.05, 0.1) is 19.0 Å². The van der Waals surface area contributed by atoms with Gasteiger partial charge in [-0.25, -0.2) is 14.2 Å². The Morgan fingerprint density at radius 1 is 1.12 bits per heavy atom. The number of benzene rings is 2. The van der Waals surface area contributed by atoms with Gasteiger partial charge in [0, 0.05) is 30.1 Å². The number of rotatable bonds is 5. The third-order valence-corrected chi connectivity index (χ3v) is 7.64. The maximum absolute atomic E-state index is 14.2. The van der Waals surface area contributed by atoms with E-state index in [1.54, 1.807) is 29.1 Å². The molecule has 0 N–H and O–H groups in total. The van der Waals surface area contributed by atoms with E-state index in [4.69, 9.17) is 4.74 Å². The number of hydrogen-bond donors (Lipinski definition) is 0. The Labute approximate surface area is 198 Å². The van der Waals surface area contributed by atoms with Crippen molar-refractivity contribution in [1.82, 2.24) is 24.1 Å². The third-order valence-electron chi connectivity index (χ3n) is 6.40. The summed E-state index contributed by atoms with van der Waals surface area (Å²) < 4.78 is 22.6. The highest BCUT2D eigenvalue weighted by molar-refractivity contribution is 7.19. The lowest BCUT2D eigenvalue weighted by molar-refractivity contribution is 0.246. The first kappa shape index (κ1) is 21.0. The van der Waals surface area contributed by atoms with Gasteiger partial charge in [0.25, 0.3) is 0 Å². The Bertz CT molecular complexity index is 1570. The van der Waals surface area contributed by atoms with Gasteiger partial charge in [-0.2, -0.15) is 9.61 Å². The molecule has 5 aromatic rings. The van der Waals surface area contributed by atoms with Crippen LogP contribution in [-0.4, -0.2) is 37.7 Å². The molecule has 0 fully saturated rings. The minimum Gasteiger partial charge on any atom is -0.497 e. The fraction of sp³-hybridized carbons (Fsp3) is 0.240. The molecule has 0 spiro atoms. The van der Waals surface area contributed by atoms with Crippen molar-refractivity contribution in [1.29, 1.82) is 0 Å². The van der Waals surface area contributed by atoms with Crippen LogP contribution in [0.25, 0.3) is 15.9 Å². The van der Waals surface area contributed by atoms with Gasteiger partial charge in [-0.3, -0.25) is 9.47 Å². The molecule has 2 aromatic carbocycles. The summed E-state index contributed by atoms with van der Waals surface area (Å²) in [5.41, 5.74) is 3.30. The first-order valence-electron chi connectivity index (χ1n) is 11.1. The van der Waals surface area contributed by atoms with E-state index >= 15 is 0 Å². The summed E-state index contributed by atoms with van der Waals surface area (Å²) in [6.07, 6.45) is 2.25. The molecule has 172 valence electrons. The Balaban J connectivity index is 1.42. The van der Waals surface area contributed by atoms with Crippen LogP contribution in [0.3, 0.4) is 0 Å². The van der Waals surface area contributed by atoms with Crippen LogP contribution in [0.1, 0.15) is 21.6 Å². The van der Waals surface area contributed by atoms with Crippen LogP contribution >= 0.6 is 11.3 Å². The Hall–Kier alpha value is -3.56. The molecule has 0 atom stereocenters. The average molecular weight is 476 g/mol. The smallest absolute Gasteiger partial charge is 0.352 e. The van der Waals surface area contributed by atoms with E-state index < -0.39 is 0 Å². The van der Waals surface area contributed by atoms with E-state index in [9.17, 15) is 9.18 Å². The number of halogens is 1. The second-order valence-corrected chi connectivity index (χ2v) is 9.53. The zero-order valence-electron chi connectivity index (χ0n) is 18.6. The number of aromatic nitrogens is 4. The number of thiophene rings is 1. The molecule has 0 saturated carbocycles. The highest BCUT2D eigenvalue weighted by Crippen LogP contribution is 2.37. The van der Waals surface area contributed by atoms with E-state index in [1.807, 2.05) is 36.4 Å². The monoisotopic (exact) mass is 475 g/mol. The normalized spacial score (nSPS) is 14.1. The lowest BCUT2D eigenvalue weighted by atomic mass is 10.0. The molecule has 1 aliphatic rings. The standard InChI is InChI=1S/C25H22FN5O2S/c1-33-18-8-6-16(7-9-18)12-30-24-22(23-27-15-28-31(23)25(30)32)19-10-11-29(14-21(19)34-24)13-17-4-2-3-5-20(17)26/h2-9,15H,10-14H2,1H3. The van der Waals surface area contributed by atoms with Crippen LogP contribution in [0, 0.1) is 5.82 Å². The molecule has 6 rings (SSSR count). The zero-order chi connectivity index (χ0) is 23.2. The largest absolute Gasteiger partial charge is 0.497 e. The molecule has 9 heteroatoms. The van der Waals surface area contributed by atoms with Gasteiger partial charge < -0.3 is 4.74 Å². The Morgan fingerprint density at radius 3 is 2.74 bits per heavy atom. The second kappa shape index (κ2) is 8.34. The highest BCUT2D eigenvalue weighted by Gasteiger charge is 2.26. The minimum absolute atomic E-state index is 0.178. The predicted octanol–water partition coefficient (Wildman–Crippen LogP) is 3.86. The van der Waals surface area contributed by atoms with Crippen molar-refractivity contribution < 1.29 is 9.13 Å². The fourth-order valence-corrected chi connectivity index (χ4v) is 6.05. The number of hydrogen-bond acceptors (Lipinski definition) is 6. The van der Waals surface area contributed by atoms with E-state index in [-0.39, 0.29) is 11.5 Å². The molecule has 0 radical (unpaired) electrons. The highest BCUT2D eigenvalue weighted by atomic mass is 32.1. The zero-order valence-corrected chi connectivity index (χ0v) is 19.4. The van der Waals surface area contributed by atoms with Crippen molar-refractivity contribution in [2.24, 2.45) is 0 Å². The molecule has 0 bridgehead atoms. The molecule has 0 amide bonds. The van der Waals surface area contributed by atoms with Crippen LogP contribution < -0.4 is 10.4 Å². The summed E-state index contributed by atoms with van der Waals surface area (Å²) in [6.45, 7) is 2.50. The maximum atomic E-state index is 14.2. The lowest BCUT2D eigenvalue weighted by Crippen LogP contribution is -2.30. The molecule has 0 aliphatic carbocycles. The minimum atomic E-state index is -0.211. The molecule has 3 aromatic heterocycles. The SMILES string of the molecule is COc1ccc(Cn2c(=O)n3ncnc3c3c4c(sc32)CN(Cc2ccccc2F)CC4)cc1. The Kier molecular flexibility index (Phi) is 5.15. The summed E-state index contributed by atoms with van der Waals surface area (Å²) in [4.78, 5) is 22.1. The molecular weight excluding hydrogens is 453 g/mol. The summed E-state index contributed by atoms with van der Waals surface area (Å²) in [5, 5.41) is 5.21. The fourth-order valence-electron chi connectivity index (χ4n) is 4.67. The number of fused-ring (bicyclic) bond motifs is 5. The van der Waals surface area contributed by atoms with Gasteiger partial charge in [-0.15, -0.1) is 11.3 Å². The van der Waals surface area contributed by atoms with Crippen molar-refractivity contribution in [3.05, 3.63) is 92.7 Å². The summed E-state index contributed by atoms with van der Waals surface area (Å²) in [5.74, 6) is 0.595. The van der Waals surface area contributed by atoms with Gasteiger partial charge in [0.15, 0.2) is 5.65 Å². The second-order valence-electron chi connectivity index (χ2n) is 8.45. The van der Waals surface area contributed by atoms with Gasteiger partial charge in [-0.1, -0.05) is 30.3 Å². The van der Waals surface area contributed by atoms with E-state index in [2.05, 4.69) is 15.0 Å². The van der Waals surface area contributed by atoms with Gasteiger partial charge in [-0.05, 0) is 35.7 Å². The van der Waals surface area contributed by atoms with Crippen LogP contribution in [-0.2, 0) is 26.1 Å². The summed E-state index contributed by atoms with van der Waals surface area (Å²) >= 11 is 1.63. The van der Waals surface area contributed by atoms with Crippen molar-refractivity contribution in [3.63, 3.8) is 0 Å². The first-order valence-corrected chi connectivity index (χ1v) is 11.9. The number of methoxy groups -OCH3 is 1. The number of nitrogens with zero attached hydrogens (tertiary/aromatic N) is 5. The lowest BCUT2D eigenvalue weighted by Gasteiger charge is -2.26. The van der Waals surface area contributed by atoms with Crippen LogP contribution in [0.2, 0.25) is 0 Å². The van der Waals surface area contributed by atoms with E-state index in [0.29, 0.717) is 30.8 Å². The van der Waals surface area contributed by atoms with Crippen molar-refractivity contribution >= 4 is 27.2 Å². The molecule has 0 saturated heterocycles. The first-order chi connectivity index (χ1) is 16.6. The molecular formula is C25H22FN5O2S. The van der Waals surface area contributed by atoms with Gasteiger partial charge in [0.1, 0.15) is 22.7 Å². The average Bonchev–Trinajstić information content (AvgIpc) is 3.48. The maximum Gasteiger partial charge on any atom is 0.352 e. The molecule has 4 heterocycles. The topological polar surface area (TPSA) is 64.7 Å². The van der Waals surface area contributed by atoms with Gasteiger partial charge in [0.2, 0.25) is 0 Å². The number of ether oxygens (including phenoxy) is 1. The molecule has 34 heavy (non-hydrogen) atoms. The van der Waals surface area contributed by atoms with Crippen molar-refractivity contribution in [2.45, 2.75) is 26.1 Å².